The van der Waals surface area contributed by atoms with Crippen molar-refractivity contribution >= 4 is 23.3 Å². The van der Waals surface area contributed by atoms with E-state index < -0.39 is 0 Å². The normalized spacial score (nSPS) is 16.7. The summed E-state index contributed by atoms with van der Waals surface area (Å²) in [4.78, 5) is 21.8. The number of halogens is 1. The maximum atomic E-state index is 11.3. The molecule has 0 spiro atoms. The van der Waals surface area contributed by atoms with Gasteiger partial charge in [-0.15, -0.1) is 0 Å². The minimum Gasteiger partial charge on any atom is -0.354 e. The van der Waals surface area contributed by atoms with E-state index >= 15 is 0 Å². The molecule has 18 heavy (non-hydrogen) atoms. The molecule has 1 N–H and O–H groups in total. The molecule has 6 heteroatoms. The van der Waals surface area contributed by atoms with Crippen LogP contribution in [0.4, 0.5) is 5.82 Å². The van der Waals surface area contributed by atoms with Crippen molar-refractivity contribution < 1.29 is 4.79 Å². The summed E-state index contributed by atoms with van der Waals surface area (Å²) >= 11 is 6.15. The first-order valence-electron chi connectivity index (χ1n) is 6.11. The van der Waals surface area contributed by atoms with Crippen LogP contribution < -0.4 is 10.2 Å². The third-order valence-corrected chi connectivity index (χ3v) is 3.31. The molecule has 0 aromatic carbocycles. The number of carbonyl (C=O) groups excluding carboxylic acids is 1. The number of nitrogens with zero attached hydrogens (tertiary/aromatic N) is 3. The molecular formula is C12H17ClN4O. The van der Waals surface area contributed by atoms with Gasteiger partial charge >= 0.3 is 0 Å². The van der Waals surface area contributed by atoms with Crippen LogP contribution in [-0.4, -0.2) is 35.5 Å². The van der Waals surface area contributed by atoms with Gasteiger partial charge in [-0.2, -0.15) is 0 Å². The molecule has 2 rings (SSSR count). The van der Waals surface area contributed by atoms with Gasteiger partial charge in [0.2, 0.25) is 5.91 Å². The van der Waals surface area contributed by atoms with E-state index in [-0.39, 0.29) is 11.8 Å². The fourth-order valence-corrected chi connectivity index (χ4v) is 2.44. The Morgan fingerprint density at radius 1 is 1.39 bits per heavy atom. The molecule has 0 bridgehead atoms. The topological polar surface area (TPSA) is 58.1 Å². The van der Waals surface area contributed by atoms with Crippen LogP contribution in [0.25, 0.3) is 0 Å². The third kappa shape index (κ3) is 2.72. The molecule has 1 aliphatic heterocycles. The molecule has 1 aliphatic rings. The first kappa shape index (κ1) is 13.1. The molecule has 0 radical (unpaired) electrons. The molecule has 2 heterocycles. The molecule has 0 aliphatic carbocycles. The van der Waals surface area contributed by atoms with Crippen molar-refractivity contribution in [3.8, 4) is 0 Å². The smallest absolute Gasteiger partial charge is 0.221 e. The summed E-state index contributed by atoms with van der Waals surface area (Å²) in [7, 11) is 0. The minimum absolute atomic E-state index is 0.0868. The molecule has 0 saturated carbocycles. The van der Waals surface area contributed by atoms with Gasteiger partial charge in [0.25, 0.3) is 0 Å². The van der Waals surface area contributed by atoms with Crippen molar-refractivity contribution in [3.63, 3.8) is 0 Å². The van der Waals surface area contributed by atoms with Crippen LogP contribution in [0, 0.1) is 0 Å². The Kier molecular flexibility index (Phi) is 4.01. The zero-order valence-corrected chi connectivity index (χ0v) is 11.4. The lowest BCUT2D eigenvalue weighted by Crippen LogP contribution is -2.30. The van der Waals surface area contributed by atoms with Crippen LogP contribution in [0.1, 0.15) is 31.7 Å². The Bertz CT molecular complexity index is 450. The molecule has 98 valence electrons. The zero-order valence-electron chi connectivity index (χ0n) is 10.6. The second kappa shape index (κ2) is 5.52. The zero-order chi connectivity index (χ0) is 13.1. The van der Waals surface area contributed by atoms with Gasteiger partial charge in [0.05, 0.1) is 0 Å². The van der Waals surface area contributed by atoms with Gasteiger partial charge < -0.3 is 10.2 Å². The number of hydrogen-bond donors (Lipinski definition) is 1. The average molecular weight is 269 g/mol. The van der Waals surface area contributed by atoms with Gasteiger partial charge in [0.1, 0.15) is 17.3 Å². The van der Waals surface area contributed by atoms with E-state index in [0.717, 1.165) is 17.9 Å². The third-order valence-electron chi connectivity index (χ3n) is 3.00. The predicted octanol–water partition coefficient (Wildman–Crippen LogP) is 1.58. The number of rotatable bonds is 2. The van der Waals surface area contributed by atoms with E-state index in [2.05, 4.69) is 34.0 Å². The van der Waals surface area contributed by atoms with Gasteiger partial charge in [-0.3, -0.25) is 4.79 Å². The standard InChI is InChI=1S/C12H17ClN4O/c1-8(2)10-11(13)15-7-16-12(10)17-5-3-9(18)14-4-6-17/h7-8H,3-6H2,1-2H3,(H,14,18). The van der Waals surface area contributed by atoms with Gasteiger partial charge in [-0.1, -0.05) is 25.4 Å². The van der Waals surface area contributed by atoms with E-state index in [1.807, 2.05) is 0 Å². The summed E-state index contributed by atoms with van der Waals surface area (Å²) in [6, 6.07) is 0. The van der Waals surface area contributed by atoms with Crippen LogP contribution >= 0.6 is 11.6 Å². The van der Waals surface area contributed by atoms with Gasteiger partial charge in [0, 0.05) is 31.6 Å². The average Bonchev–Trinajstić information content (AvgIpc) is 2.53. The Morgan fingerprint density at radius 2 is 2.17 bits per heavy atom. The van der Waals surface area contributed by atoms with Crippen LogP contribution in [0.5, 0.6) is 0 Å². The SMILES string of the molecule is CC(C)c1c(Cl)ncnc1N1CCNC(=O)CC1. The lowest BCUT2D eigenvalue weighted by molar-refractivity contribution is -0.120. The van der Waals surface area contributed by atoms with Crippen molar-refractivity contribution in [2.75, 3.05) is 24.5 Å². The Morgan fingerprint density at radius 3 is 2.89 bits per heavy atom. The highest BCUT2D eigenvalue weighted by molar-refractivity contribution is 6.30. The van der Waals surface area contributed by atoms with E-state index in [9.17, 15) is 4.79 Å². The van der Waals surface area contributed by atoms with Crippen LogP contribution in [-0.2, 0) is 4.79 Å². The molecule has 0 unspecified atom stereocenters. The highest BCUT2D eigenvalue weighted by Gasteiger charge is 2.21. The maximum absolute atomic E-state index is 11.3. The number of anilines is 1. The van der Waals surface area contributed by atoms with Crippen LogP contribution in [0.3, 0.4) is 0 Å². The number of carbonyl (C=O) groups is 1. The summed E-state index contributed by atoms with van der Waals surface area (Å²) in [5.74, 6) is 1.19. The summed E-state index contributed by atoms with van der Waals surface area (Å²) in [6.45, 7) is 6.18. The summed E-state index contributed by atoms with van der Waals surface area (Å²) in [5, 5.41) is 3.35. The first-order chi connectivity index (χ1) is 8.59. The van der Waals surface area contributed by atoms with E-state index in [1.54, 1.807) is 0 Å². The van der Waals surface area contributed by atoms with Crippen LogP contribution in [0.15, 0.2) is 6.33 Å². The highest BCUT2D eigenvalue weighted by atomic mass is 35.5. The molecule has 0 atom stereocenters. The summed E-state index contributed by atoms with van der Waals surface area (Å²) < 4.78 is 0. The van der Waals surface area contributed by atoms with E-state index in [0.29, 0.717) is 24.7 Å². The van der Waals surface area contributed by atoms with Crippen molar-refractivity contribution in [2.24, 2.45) is 0 Å². The van der Waals surface area contributed by atoms with Crippen molar-refractivity contribution in [3.05, 3.63) is 17.0 Å². The Balaban J connectivity index is 2.32. The van der Waals surface area contributed by atoms with Gasteiger partial charge in [0.15, 0.2) is 0 Å². The quantitative estimate of drug-likeness (QED) is 0.828. The summed E-state index contributed by atoms with van der Waals surface area (Å²) in [5.41, 5.74) is 0.952. The number of hydrogen-bond acceptors (Lipinski definition) is 4. The Labute approximate surface area is 112 Å². The maximum Gasteiger partial charge on any atom is 0.221 e. The van der Waals surface area contributed by atoms with Crippen molar-refractivity contribution in [1.82, 2.24) is 15.3 Å². The fourth-order valence-electron chi connectivity index (χ4n) is 2.09. The number of amides is 1. The lowest BCUT2D eigenvalue weighted by Gasteiger charge is -2.24. The lowest BCUT2D eigenvalue weighted by atomic mass is 10.1. The molecule has 1 fully saturated rings. The minimum atomic E-state index is 0.0868. The highest BCUT2D eigenvalue weighted by Crippen LogP contribution is 2.30. The number of nitrogens with one attached hydrogen (secondary N) is 1. The summed E-state index contributed by atoms with van der Waals surface area (Å²) in [6.07, 6.45) is 1.96. The largest absolute Gasteiger partial charge is 0.354 e. The second-order valence-electron chi connectivity index (χ2n) is 4.64. The monoisotopic (exact) mass is 268 g/mol. The molecule has 1 aromatic heterocycles. The van der Waals surface area contributed by atoms with E-state index in [1.165, 1.54) is 6.33 Å². The van der Waals surface area contributed by atoms with Crippen LogP contribution in [0.2, 0.25) is 5.15 Å². The second-order valence-corrected chi connectivity index (χ2v) is 5.00. The predicted molar refractivity (Wildman–Crippen MR) is 71.0 cm³/mol. The molecular weight excluding hydrogens is 252 g/mol. The van der Waals surface area contributed by atoms with E-state index in [4.69, 9.17) is 11.6 Å². The molecule has 1 amide bonds. The van der Waals surface area contributed by atoms with Crippen molar-refractivity contribution in [1.29, 1.82) is 0 Å². The van der Waals surface area contributed by atoms with Crippen molar-refractivity contribution in [2.45, 2.75) is 26.2 Å². The molecule has 1 aromatic rings. The Hall–Kier alpha value is -1.36. The fraction of sp³-hybridized carbons (Fsp3) is 0.583. The van der Waals surface area contributed by atoms with Gasteiger partial charge in [-0.25, -0.2) is 9.97 Å². The molecule has 1 saturated heterocycles. The first-order valence-corrected chi connectivity index (χ1v) is 6.49. The number of aromatic nitrogens is 2. The molecule has 5 nitrogen and oxygen atoms in total. The van der Waals surface area contributed by atoms with Gasteiger partial charge in [-0.05, 0) is 5.92 Å².